The normalized spacial score (nSPS) is 13.8. The zero-order chi connectivity index (χ0) is 18.1. The number of methoxy groups -OCH3 is 1. The number of rotatable bonds is 8. The Morgan fingerprint density at radius 3 is 2.56 bits per heavy atom. The van der Waals surface area contributed by atoms with Gasteiger partial charge in [-0.3, -0.25) is 4.99 Å². The molecule has 0 spiro atoms. The van der Waals surface area contributed by atoms with Gasteiger partial charge in [-0.25, -0.2) is 0 Å². The molecule has 2 atom stereocenters. The molecular weight excluding hydrogens is 334 g/mol. The van der Waals surface area contributed by atoms with Crippen molar-refractivity contribution in [2.75, 3.05) is 27.2 Å². The van der Waals surface area contributed by atoms with Crippen molar-refractivity contribution < 1.29 is 9.47 Å². The summed E-state index contributed by atoms with van der Waals surface area (Å²) in [6.07, 6.45) is 0.000348. The van der Waals surface area contributed by atoms with Crippen molar-refractivity contribution in [3.05, 3.63) is 46.7 Å². The molecule has 1 aromatic heterocycles. The maximum Gasteiger partial charge on any atom is 0.191 e. The van der Waals surface area contributed by atoms with Crippen LogP contribution in [0.2, 0.25) is 0 Å². The minimum atomic E-state index is 0.000348. The summed E-state index contributed by atoms with van der Waals surface area (Å²) in [5.41, 5.74) is 0. The second kappa shape index (κ2) is 9.93. The van der Waals surface area contributed by atoms with Crippen LogP contribution in [-0.4, -0.2) is 39.3 Å². The first kappa shape index (κ1) is 19.1. The largest absolute Gasteiger partial charge is 0.497 e. The first-order chi connectivity index (χ1) is 12.1. The fourth-order valence-electron chi connectivity index (χ4n) is 2.33. The molecule has 0 amide bonds. The van der Waals surface area contributed by atoms with Gasteiger partial charge in [-0.2, -0.15) is 0 Å². The molecule has 6 heteroatoms. The Kier molecular flexibility index (Phi) is 7.60. The second-order valence-electron chi connectivity index (χ2n) is 5.86. The Morgan fingerprint density at radius 2 is 1.88 bits per heavy atom. The lowest BCUT2D eigenvalue weighted by Crippen LogP contribution is -2.42. The van der Waals surface area contributed by atoms with Crippen molar-refractivity contribution in [2.24, 2.45) is 4.99 Å². The number of nitrogens with zero attached hydrogens (tertiary/aromatic N) is 1. The van der Waals surface area contributed by atoms with Crippen LogP contribution in [0.15, 0.2) is 46.8 Å². The molecular formula is C19H27N3O2S. The second-order valence-corrected chi connectivity index (χ2v) is 6.84. The Hall–Kier alpha value is -2.21. The number of ether oxygens (including phenoxy) is 2. The maximum absolute atomic E-state index is 5.91. The van der Waals surface area contributed by atoms with Crippen molar-refractivity contribution in [1.82, 2.24) is 10.6 Å². The summed E-state index contributed by atoms with van der Waals surface area (Å²) >= 11 is 1.78. The standard InChI is InChI=1S/C19H27N3O2S/c1-14(18-9-6-10-25-18)12-21-19(20-3)22-13-15(2)24-17-8-5-7-16(11-17)23-4/h5-11,14-15H,12-13H2,1-4H3,(H2,20,21,22). The number of guanidine groups is 1. The number of nitrogens with one attached hydrogen (secondary N) is 2. The molecule has 0 aliphatic rings. The van der Waals surface area contributed by atoms with E-state index >= 15 is 0 Å². The highest BCUT2D eigenvalue weighted by molar-refractivity contribution is 7.10. The average molecular weight is 362 g/mol. The fraction of sp³-hybridized carbons (Fsp3) is 0.421. The van der Waals surface area contributed by atoms with E-state index in [1.165, 1.54) is 4.88 Å². The summed E-state index contributed by atoms with van der Waals surface area (Å²) < 4.78 is 11.1. The monoisotopic (exact) mass is 361 g/mol. The molecule has 25 heavy (non-hydrogen) atoms. The molecule has 5 nitrogen and oxygen atoms in total. The summed E-state index contributed by atoms with van der Waals surface area (Å²) in [6.45, 7) is 5.73. The molecule has 0 fully saturated rings. The molecule has 1 aromatic carbocycles. The molecule has 0 aliphatic heterocycles. The third-order valence-corrected chi connectivity index (χ3v) is 4.87. The Labute approximate surface area is 154 Å². The molecule has 2 rings (SSSR count). The van der Waals surface area contributed by atoms with Gasteiger partial charge in [0.2, 0.25) is 0 Å². The first-order valence-corrected chi connectivity index (χ1v) is 9.29. The molecule has 0 aliphatic carbocycles. The summed E-state index contributed by atoms with van der Waals surface area (Å²) in [6, 6.07) is 11.9. The predicted octanol–water partition coefficient (Wildman–Crippen LogP) is 3.49. The van der Waals surface area contributed by atoms with E-state index < -0.39 is 0 Å². The highest BCUT2D eigenvalue weighted by atomic mass is 32.1. The van der Waals surface area contributed by atoms with Crippen LogP contribution >= 0.6 is 11.3 Å². The molecule has 1 heterocycles. The molecule has 0 saturated heterocycles. The van der Waals surface area contributed by atoms with Crippen LogP contribution in [0.4, 0.5) is 0 Å². The lowest BCUT2D eigenvalue weighted by atomic mass is 10.1. The van der Waals surface area contributed by atoms with Gasteiger partial charge < -0.3 is 20.1 Å². The fourth-order valence-corrected chi connectivity index (χ4v) is 3.12. The van der Waals surface area contributed by atoms with E-state index in [2.05, 4.69) is 40.1 Å². The lowest BCUT2D eigenvalue weighted by Gasteiger charge is -2.19. The van der Waals surface area contributed by atoms with Gasteiger partial charge in [0.05, 0.1) is 13.7 Å². The van der Waals surface area contributed by atoms with Gasteiger partial charge in [-0.15, -0.1) is 11.3 Å². The van der Waals surface area contributed by atoms with Gasteiger partial charge in [0.15, 0.2) is 5.96 Å². The third-order valence-electron chi connectivity index (χ3n) is 3.76. The zero-order valence-electron chi connectivity index (χ0n) is 15.3. The predicted molar refractivity (Wildman–Crippen MR) is 105 cm³/mol. The minimum absolute atomic E-state index is 0.000348. The number of aliphatic imine (C=N–C) groups is 1. The van der Waals surface area contributed by atoms with Gasteiger partial charge in [0.25, 0.3) is 0 Å². The van der Waals surface area contributed by atoms with E-state index in [4.69, 9.17) is 9.47 Å². The molecule has 2 aromatic rings. The zero-order valence-corrected chi connectivity index (χ0v) is 16.1. The molecule has 0 saturated carbocycles. The van der Waals surface area contributed by atoms with Gasteiger partial charge in [0.1, 0.15) is 17.6 Å². The van der Waals surface area contributed by atoms with Crippen molar-refractivity contribution >= 4 is 17.3 Å². The number of hydrogen-bond donors (Lipinski definition) is 2. The maximum atomic E-state index is 5.91. The van der Waals surface area contributed by atoms with Crippen molar-refractivity contribution in [2.45, 2.75) is 25.9 Å². The average Bonchev–Trinajstić information content (AvgIpc) is 3.16. The van der Waals surface area contributed by atoms with E-state index in [1.807, 2.05) is 31.2 Å². The lowest BCUT2D eigenvalue weighted by molar-refractivity contribution is 0.223. The van der Waals surface area contributed by atoms with Crippen LogP contribution in [0.1, 0.15) is 24.6 Å². The summed E-state index contributed by atoms with van der Waals surface area (Å²) in [4.78, 5) is 5.64. The van der Waals surface area contributed by atoms with Gasteiger partial charge in [0, 0.05) is 30.5 Å². The SMILES string of the molecule is CN=C(NCC(C)Oc1cccc(OC)c1)NCC(C)c1cccs1. The smallest absolute Gasteiger partial charge is 0.191 e. The van der Waals surface area contributed by atoms with Crippen LogP contribution < -0.4 is 20.1 Å². The van der Waals surface area contributed by atoms with Gasteiger partial charge in [-0.05, 0) is 30.5 Å². The number of benzene rings is 1. The van der Waals surface area contributed by atoms with Crippen molar-refractivity contribution in [1.29, 1.82) is 0 Å². The number of thiophene rings is 1. The minimum Gasteiger partial charge on any atom is -0.497 e. The highest BCUT2D eigenvalue weighted by Gasteiger charge is 2.09. The topological polar surface area (TPSA) is 54.9 Å². The van der Waals surface area contributed by atoms with Crippen molar-refractivity contribution in [3.8, 4) is 11.5 Å². The van der Waals surface area contributed by atoms with Crippen LogP contribution in [0.5, 0.6) is 11.5 Å². The third kappa shape index (κ3) is 6.31. The Morgan fingerprint density at radius 1 is 1.12 bits per heavy atom. The van der Waals surface area contributed by atoms with Crippen LogP contribution in [0.25, 0.3) is 0 Å². The van der Waals surface area contributed by atoms with E-state index in [0.29, 0.717) is 12.5 Å². The Balaban J connectivity index is 1.75. The highest BCUT2D eigenvalue weighted by Crippen LogP contribution is 2.20. The molecule has 0 bridgehead atoms. The first-order valence-electron chi connectivity index (χ1n) is 8.41. The van der Waals surface area contributed by atoms with E-state index in [0.717, 1.165) is 24.0 Å². The molecule has 136 valence electrons. The van der Waals surface area contributed by atoms with Crippen molar-refractivity contribution in [3.63, 3.8) is 0 Å². The summed E-state index contributed by atoms with van der Waals surface area (Å²) in [5, 5.41) is 8.78. The van der Waals surface area contributed by atoms with Gasteiger partial charge in [-0.1, -0.05) is 19.1 Å². The molecule has 0 radical (unpaired) electrons. The van der Waals surface area contributed by atoms with Gasteiger partial charge >= 0.3 is 0 Å². The van der Waals surface area contributed by atoms with Crippen LogP contribution in [0.3, 0.4) is 0 Å². The molecule has 2 unspecified atom stereocenters. The summed E-state index contributed by atoms with van der Waals surface area (Å²) in [7, 11) is 3.43. The van der Waals surface area contributed by atoms with E-state index in [9.17, 15) is 0 Å². The van der Waals surface area contributed by atoms with Crippen LogP contribution in [0, 0.1) is 0 Å². The van der Waals surface area contributed by atoms with E-state index in [1.54, 1.807) is 25.5 Å². The quantitative estimate of drug-likeness (QED) is 0.558. The van der Waals surface area contributed by atoms with Crippen LogP contribution in [-0.2, 0) is 0 Å². The Bertz CT molecular complexity index is 658. The number of hydrogen-bond acceptors (Lipinski definition) is 4. The van der Waals surface area contributed by atoms with E-state index in [-0.39, 0.29) is 6.10 Å². The molecule has 2 N–H and O–H groups in total. The summed E-state index contributed by atoms with van der Waals surface area (Å²) in [5.74, 6) is 2.81.